The summed E-state index contributed by atoms with van der Waals surface area (Å²) in [6.07, 6.45) is 8.67. The number of aryl methyl sites for hydroxylation is 1. The number of rotatable bonds is 12. The lowest BCUT2D eigenvalue weighted by Crippen LogP contribution is -2.30. The van der Waals surface area contributed by atoms with Gasteiger partial charge in [0.25, 0.3) is 5.56 Å². The summed E-state index contributed by atoms with van der Waals surface area (Å²) < 4.78 is 13.4. The first kappa shape index (κ1) is 33.2. The van der Waals surface area contributed by atoms with Crippen LogP contribution in [-0.2, 0) is 13.2 Å². The number of urea groups is 1. The zero-order valence-corrected chi connectivity index (χ0v) is 28.0. The van der Waals surface area contributed by atoms with Crippen molar-refractivity contribution in [3.63, 3.8) is 0 Å². The number of nitrogens with zero attached hydrogens (tertiary/aromatic N) is 3. The first-order valence-electron chi connectivity index (χ1n) is 16.1. The van der Waals surface area contributed by atoms with Crippen LogP contribution in [0.1, 0.15) is 76.0 Å². The van der Waals surface area contributed by atoms with Gasteiger partial charge in [0.2, 0.25) is 0 Å². The number of benzene rings is 2. The van der Waals surface area contributed by atoms with Crippen LogP contribution in [0.5, 0.6) is 11.5 Å². The van der Waals surface area contributed by atoms with Crippen molar-refractivity contribution in [3.8, 4) is 22.6 Å². The van der Waals surface area contributed by atoms with Gasteiger partial charge in [0.15, 0.2) is 0 Å². The van der Waals surface area contributed by atoms with E-state index in [2.05, 4.69) is 55.2 Å². The standard InChI is InChI=1S/C38H43N5O4/c1-7-8-17-43-33-14-16-40-22-32(33)34(27-12-9-13-28(18-27)46-6)36(37(43)44)42-38(45)41-35-30(24(2)3)19-29(20-31(35)25(4)5)47-23-26-11-10-15-39-21-26/h9-16,18-22,24-25H,7-8,17,23H2,1-6H3,(H2,41,42,45). The lowest BCUT2D eigenvalue weighted by molar-refractivity contribution is 0.262. The number of amides is 2. The van der Waals surface area contributed by atoms with Gasteiger partial charge in [-0.15, -0.1) is 0 Å². The fourth-order valence-corrected chi connectivity index (χ4v) is 5.74. The average molecular weight is 634 g/mol. The highest BCUT2D eigenvalue weighted by Gasteiger charge is 2.23. The number of pyridine rings is 3. The highest BCUT2D eigenvalue weighted by atomic mass is 16.5. The smallest absolute Gasteiger partial charge is 0.323 e. The molecule has 5 aromatic rings. The second-order valence-corrected chi connectivity index (χ2v) is 12.2. The third kappa shape index (κ3) is 7.46. The van der Waals surface area contributed by atoms with Gasteiger partial charge in [-0.3, -0.25) is 14.8 Å². The first-order valence-corrected chi connectivity index (χ1v) is 16.1. The Morgan fingerprint density at radius 1 is 0.872 bits per heavy atom. The van der Waals surface area contributed by atoms with E-state index in [4.69, 9.17) is 9.47 Å². The number of anilines is 2. The van der Waals surface area contributed by atoms with Crippen LogP contribution in [0.25, 0.3) is 22.0 Å². The third-order valence-corrected chi connectivity index (χ3v) is 8.18. The predicted octanol–water partition coefficient (Wildman–Crippen LogP) is 8.74. The lowest BCUT2D eigenvalue weighted by atomic mass is 9.92. The molecular formula is C38H43N5O4. The van der Waals surface area contributed by atoms with Gasteiger partial charge in [-0.1, -0.05) is 59.2 Å². The molecule has 0 atom stereocenters. The SMILES string of the molecule is CCCCn1c(=O)c(NC(=O)Nc2c(C(C)C)cc(OCc3cccnc3)cc2C(C)C)c(-c2cccc(OC)c2)c2cnccc21. The minimum Gasteiger partial charge on any atom is -0.497 e. The van der Waals surface area contributed by atoms with Gasteiger partial charge in [-0.05, 0) is 71.3 Å². The van der Waals surface area contributed by atoms with E-state index >= 15 is 0 Å². The number of hydrogen-bond acceptors (Lipinski definition) is 6. The maximum Gasteiger partial charge on any atom is 0.323 e. The van der Waals surface area contributed by atoms with Crippen molar-refractivity contribution in [3.05, 3.63) is 106 Å². The molecule has 0 bridgehead atoms. The normalized spacial score (nSPS) is 11.2. The summed E-state index contributed by atoms with van der Waals surface area (Å²) >= 11 is 0. The van der Waals surface area contributed by atoms with Crippen molar-refractivity contribution in [2.45, 2.75) is 72.4 Å². The van der Waals surface area contributed by atoms with Crippen molar-refractivity contribution < 1.29 is 14.3 Å². The zero-order valence-electron chi connectivity index (χ0n) is 28.0. The van der Waals surface area contributed by atoms with Gasteiger partial charge in [0, 0.05) is 53.5 Å². The fraction of sp³-hybridized carbons (Fsp3) is 0.316. The van der Waals surface area contributed by atoms with E-state index in [-0.39, 0.29) is 23.1 Å². The summed E-state index contributed by atoms with van der Waals surface area (Å²) in [5, 5.41) is 6.86. The van der Waals surface area contributed by atoms with Crippen LogP contribution in [0, 0.1) is 0 Å². The van der Waals surface area contributed by atoms with E-state index in [9.17, 15) is 9.59 Å². The number of carbonyl (C=O) groups is 1. The van der Waals surface area contributed by atoms with Crippen molar-refractivity contribution in [2.75, 3.05) is 17.7 Å². The molecule has 244 valence electrons. The van der Waals surface area contributed by atoms with E-state index in [1.807, 2.05) is 54.6 Å². The van der Waals surface area contributed by atoms with Gasteiger partial charge in [-0.2, -0.15) is 0 Å². The van der Waals surface area contributed by atoms with E-state index in [0.717, 1.165) is 46.0 Å². The molecule has 0 saturated heterocycles. The van der Waals surface area contributed by atoms with Gasteiger partial charge >= 0.3 is 6.03 Å². The molecular weight excluding hydrogens is 590 g/mol. The molecule has 9 nitrogen and oxygen atoms in total. The molecule has 2 N–H and O–H groups in total. The molecule has 2 amide bonds. The largest absolute Gasteiger partial charge is 0.497 e. The van der Waals surface area contributed by atoms with Crippen LogP contribution in [0.15, 0.2) is 84.2 Å². The summed E-state index contributed by atoms with van der Waals surface area (Å²) in [7, 11) is 1.60. The van der Waals surface area contributed by atoms with Crippen LogP contribution in [0.2, 0.25) is 0 Å². The number of aromatic nitrogens is 3. The second-order valence-electron chi connectivity index (χ2n) is 12.2. The molecule has 3 aromatic heterocycles. The zero-order chi connectivity index (χ0) is 33.5. The minimum absolute atomic E-state index is 0.0788. The maximum atomic E-state index is 14.3. The Balaban J connectivity index is 1.58. The summed E-state index contributed by atoms with van der Waals surface area (Å²) in [4.78, 5) is 36.8. The molecule has 5 rings (SSSR count). The summed E-state index contributed by atoms with van der Waals surface area (Å²) in [5.74, 6) is 1.51. The average Bonchev–Trinajstić information content (AvgIpc) is 3.08. The first-order chi connectivity index (χ1) is 22.7. The highest BCUT2D eigenvalue weighted by molar-refractivity contribution is 6.08. The molecule has 0 saturated carbocycles. The lowest BCUT2D eigenvalue weighted by Gasteiger charge is -2.23. The number of methoxy groups -OCH3 is 1. The van der Waals surface area contributed by atoms with Crippen LogP contribution in [0.3, 0.4) is 0 Å². The number of fused-ring (bicyclic) bond motifs is 1. The molecule has 0 aliphatic carbocycles. The van der Waals surface area contributed by atoms with Gasteiger partial charge in [0.1, 0.15) is 23.8 Å². The van der Waals surface area contributed by atoms with Gasteiger partial charge < -0.3 is 24.7 Å². The Morgan fingerprint density at radius 3 is 2.26 bits per heavy atom. The van der Waals surface area contributed by atoms with Crippen molar-refractivity contribution >= 4 is 28.3 Å². The molecule has 0 fully saturated rings. The molecule has 2 aromatic carbocycles. The molecule has 0 radical (unpaired) electrons. The number of ether oxygens (including phenoxy) is 2. The van der Waals surface area contributed by atoms with Crippen molar-refractivity contribution in [1.29, 1.82) is 0 Å². The second kappa shape index (κ2) is 14.9. The summed E-state index contributed by atoms with van der Waals surface area (Å²) in [6, 6.07) is 16.6. The molecule has 47 heavy (non-hydrogen) atoms. The third-order valence-electron chi connectivity index (χ3n) is 8.18. The van der Waals surface area contributed by atoms with E-state index in [0.29, 0.717) is 35.9 Å². The van der Waals surface area contributed by atoms with Crippen LogP contribution < -0.4 is 25.7 Å². The number of nitrogens with one attached hydrogen (secondary N) is 2. The molecule has 3 heterocycles. The van der Waals surface area contributed by atoms with Crippen LogP contribution in [0.4, 0.5) is 16.2 Å². The molecule has 0 spiro atoms. The van der Waals surface area contributed by atoms with E-state index in [1.54, 1.807) is 36.5 Å². The predicted molar refractivity (Wildman–Crippen MR) is 189 cm³/mol. The summed E-state index contributed by atoms with van der Waals surface area (Å²) in [5.41, 5.74) is 5.52. The Morgan fingerprint density at radius 2 is 1.60 bits per heavy atom. The molecule has 0 aliphatic rings. The monoisotopic (exact) mass is 633 g/mol. The van der Waals surface area contributed by atoms with Crippen molar-refractivity contribution in [2.24, 2.45) is 0 Å². The summed E-state index contributed by atoms with van der Waals surface area (Å²) in [6.45, 7) is 11.3. The van der Waals surface area contributed by atoms with Gasteiger partial charge in [-0.25, -0.2) is 4.79 Å². The van der Waals surface area contributed by atoms with Gasteiger partial charge in [0.05, 0.1) is 12.6 Å². The highest BCUT2D eigenvalue weighted by Crippen LogP contribution is 2.38. The Bertz CT molecular complexity index is 1890. The number of carbonyl (C=O) groups excluding carboxylic acids is 1. The Hall–Kier alpha value is -5.18. The number of unbranched alkanes of at least 4 members (excludes halogenated alkanes) is 1. The minimum atomic E-state index is -0.510. The van der Waals surface area contributed by atoms with Crippen molar-refractivity contribution in [1.82, 2.24) is 14.5 Å². The number of hydrogen-bond donors (Lipinski definition) is 2. The molecule has 9 heteroatoms. The fourth-order valence-electron chi connectivity index (χ4n) is 5.74. The van der Waals surface area contributed by atoms with Crippen LogP contribution >= 0.6 is 0 Å². The Labute approximate surface area is 276 Å². The Kier molecular flexibility index (Phi) is 10.6. The molecule has 0 unspecified atom stereocenters. The quantitative estimate of drug-likeness (QED) is 0.142. The molecule has 0 aliphatic heterocycles. The topological polar surface area (TPSA) is 107 Å². The maximum absolute atomic E-state index is 14.3. The van der Waals surface area contributed by atoms with Crippen LogP contribution in [-0.4, -0.2) is 27.7 Å². The van der Waals surface area contributed by atoms with E-state index < -0.39 is 6.03 Å². The van der Waals surface area contributed by atoms with E-state index in [1.165, 1.54) is 0 Å².